The Labute approximate surface area is 138 Å². The quantitative estimate of drug-likeness (QED) is 0.733. The second-order valence-electron chi connectivity index (χ2n) is 6.72. The molecule has 0 radical (unpaired) electrons. The van der Waals surface area contributed by atoms with Crippen LogP contribution in [-0.4, -0.2) is 99.4 Å². The number of amides is 2. The van der Waals surface area contributed by atoms with Gasteiger partial charge in [-0.05, 0) is 13.8 Å². The van der Waals surface area contributed by atoms with Crippen molar-refractivity contribution >= 4 is 16.1 Å². The van der Waals surface area contributed by atoms with Crippen molar-refractivity contribution in [1.82, 2.24) is 19.4 Å². The summed E-state index contributed by atoms with van der Waals surface area (Å²) < 4.78 is 29.7. The Morgan fingerprint density at radius 1 is 1.09 bits per heavy atom. The van der Waals surface area contributed by atoms with Crippen molar-refractivity contribution in [2.75, 3.05) is 65.3 Å². The van der Waals surface area contributed by atoms with E-state index in [1.807, 2.05) is 0 Å². The maximum atomic E-state index is 12.3. The zero-order chi connectivity index (χ0) is 17.1. The zero-order valence-electron chi connectivity index (χ0n) is 14.2. The summed E-state index contributed by atoms with van der Waals surface area (Å²) in [4.78, 5) is 16.3. The summed E-state index contributed by atoms with van der Waals surface area (Å²) in [5, 5.41) is 2.98. The SMILES string of the molecule is CC(C)(CNC(=O)N1CCN(S(C)(=O)=O)CC1)N1CCOCC1. The van der Waals surface area contributed by atoms with E-state index in [4.69, 9.17) is 4.74 Å². The highest BCUT2D eigenvalue weighted by atomic mass is 32.2. The van der Waals surface area contributed by atoms with Gasteiger partial charge in [-0.3, -0.25) is 4.90 Å². The first-order valence-corrected chi connectivity index (χ1v) is 9.86. The zero-order valence-corrected chi connectivity index (χ0v) is 15.1. The molecule has 0 aromatic rings. The van der Waals surface area contributed by atoms with E-state index >= 15 is 0 Å². The number of ether oxygens (including phenoxy) is 1. The maximum Gasteiger partial charge on any atom is 0.317 e. The van der Waals surface area contributed by atoms with Crippen molar-refractivity contribution < 1.29 is 17.9 Å². The molecule has 8 nitrogen and oxygen atoms in total. The highest BCUT2D eigenvalue weighted by molar-refractivity contribution is 7.88. The topological polar surface area (TPSA) is 82.2 Å². The largest absolute Gasteiger partial charge is 0.379 e. The Kier molecular flexibility index (Phi) is 5.88. The Morgan fingerprint density at radius 2 is 1.65 bits per heavy atom. The molecule has 0 saturated carbocycles. The van der Waals surface area contributed by atoms with Gasteiger partial charge in [0, 0.05) is 51.4 Å². The second-order valence-corrected chi connectivity index (χ2v) is 8.70. The predicted octanol–water partition coefficient (Wildman–Crippen LogP) is -0.616. The summed E-state index contributed by atoms with van der Waals surface area (Å²) in [6.45, 7) is 9.55. The Morgan fingerprint density at radius 3 is 2.17 bits per heavy atom. The van der Waals surface area contributed by atoms with Gasteiger partial charge in [-0.2, -0.15) is 4.31 Å². The Bertz CT molecular complexity index is 509. The molecule has 2 aliphatic rings. The van der Waals surface area contributed by atoms with Crippen LogP contribution >= 0.6 is 0 Å². The second kappa shape index (κ2) is 7.33. The maximum absolute atomic E-state index is 12.3. The Balaban J connectivity index is 1.79. The van der Waals surface area contributed by atoms with Gasteiger partial charge >= 0.3 is 6.03 Å². The fraction of sp³-hybridized carbons (Fsp3) is 0.929. The molecule has 0 bridgehead atoms. The highest BCUT2D eigenvalue weighted by Crippen LogP contribution is 2.15. The van der Waals surface area contributed by atoms with E-state index in [1.165, 1.54) is 10.6 Å². The van der Waals surface area contributed by atoms with Crippen LogP contribution < -0.4 is 5.32 Å². The molecule has 134 valence electrons. The molecule has 0 unspecified atom stereocenters. The molecule has 23 heavy (non-hydrogen) atoms. The lowest BCUT2D eigenvalue weighted by atomic mass is 10.0. The number of nitrogens with zero attached hydrogens (tertiary/aromatic N) is 3. The lowest BCUT2D eigenvalue weighted by molar-refractivity contribution is -0.00911. The third-order valence-electron chi connectivity index (χ3n) is 4.53. The van der Waals surface area contributed by atoms with Gasteiger partial charge < -0.3 is 15.0 Å². The van der Waals surface area contributed by atoms with Crippen molar-refractivity contribution in [3.05, 3.63) is 0 Å². The summed E-state index contributed by atoms with van der Waals surface area (Å²) in [5.41, 5.74) is -0.131. The molecule has 0 spiro atoms. The average Bonchev–Trinajstić information content (AvgIpc) is 2.53. The molecule has 2 rings (SSSR count). The Hall–Kier alpha value is -0.900. The monoisotopic (exact) mass is 348 g/mol. The van der Waals surface area contributed by atoms with Gasteiger partial charge in [0.1, 0.15) is 0 Å². The van der Waals surface area contributed by atoms with E-state index in [0.717, 1.165) is 26.3 Å². The van der Waals surface area contributed by atoms with Crippen molar-refractivity contribution in [3.8, 4) is 0 Å². The van der Waals surface area contributed by atoms with Crippen LogP contribution in [0, 0.1) is 0 Å². The van der Waals surface area contributed by atoms with E-state index in [-0.39, 0.29) is 11.6 Å². The molecule has 2 amide bonds. The van der Waals surface area contributed by atoms with Crippen molar-refractivity contribution in [2.24, 2.45) is 0 Å². The first-order valence-electron chi connectivity index (χ1n) is 8.01. The van der Waals surface area contributed by atoms with E-state index in [0.29, 0.717) is 32.7 Å². The van der Waals surface area contributed by atoms with Crippen LogP contribution in [0.15, 0.2) is 0 Å². The minimum Gasteiger partial charge on any atom is -0.379 e. The van der Waals surface area contributed by atoms with Crippen LogP contribution in [0.5, 0.6) is 0 Å². The first kappa shape index (κ1) is 18.4. The van der Waals surface area contributed by atoms with Crippen LogP contribution in [0.1, 0.15) is 13.8 Å². The molecule has 2 aliphatic heterocycles. The van der Waals surface area contributed by atoms with E-state index < -0.39 is 10.0 Å². The minimum atomic E-state index is -3.17. The fourth-order valence-electron chi connectivity index (χ4n) is 2.91. The normalized spacial score (nSPS) is 22.1. The molecule has 2 heterocycles. The van der Waals surface area contributed by atoms with Gasteiger partial charge in [-0.1, -0.05) is 0 Å². The molecule has 9 heteroatoms. The smallest absolute Gasteiger partial charge is 0.317 e. The average molecular weight is 348 g/mol. The number of morpholine rings is 1. The number of carbonyl (C=O) groups is 1. The summed E-state index contributed by atoms with van der Waals surface area (Å²) in [7, 11) is -3.17. The van der Waals surface area contributed by atoms with Crippen molar-refractivity contribution in [2.45, 2.75) is 19.4 Å². The van der Waals surface area contributed by atoms with Crippen LogP contribution in [0.25, 0.3) is 0 Å². The van der Waals surface area contributed by atoms with E-state index in [1.54, 1.807) is 4.90 Å². The molecule has 0 aliphatic carbocycles. The molecular formula is C14H28N4O4S. The van der Waals surface area contributed by atoms with Crippen LogP contribution in [0.3, 0.4) is 0 Å². The van der Waals surface area contributed by atoms with Crippen molar-refractivity contribution in [3.63, 3.8) is 0 Å². The third-order valence-corrected chi connectivity index (χ3v) is 5.84. The summed E-state index contributed by atoms with van der Waals surface area (Å²) in [5.74, 6) is 0. The number of urea groups is 1. The van der Waals surface area contributed by atoms with Gasteiger partial charge in [0.05, 0.1) is 19.5 Å². The lowest BCUT2D eigenvalue weighted by Crippen LogP contribution is -2.58. The number of rotatable bonds is 4. The molecular weight excluding hydrogens is 320 g/mol. The molecule has 0 aromatic carbocycles. The van der Waals surface area contributed by atoms with Crippen LogP contribution in [-0.2, 0) is 14.8 Å². The van der Waals surface area contributed by atoms with Gasteiger partial charge in [0.25, 0.3) is 0 Å². The molecule has 0 atom stereocenters. The number of hydrogen-bond acceptors (Lipinski definition) is 5. The first-order chi connectivity index (χ1) is 10.7. The van der Waals surface area contributed by atoms with E-state index in [2.05, 4.69) is 24.1 Å². The summed E-state index contributed by atoms with van der Waals surface area (Å²) >= 11 is 0. The van der Waals surface area contributed by atoms with Gasteiger partial charge in [-0.25, -0.2) is 13.2 Å². The lowest BCUT2D eigenvalue weighted by Gasteiger charge is -2.41. The summed E-state index contributed by atoms with van der Waals surface area (Å²) in [6.07, 6.45) is 1.20. The molecule has 2 fully saturated rings. The van der Waals surface area contributed by atoms with Crippen LogP contribution in [0.2, 0.25) is 0 Å². The molecule has 2 saturated heterocycles. The number of piperazine rings is 1. The summed E-state index contributed by atoms with van der Waals surface area (Å²) in [6, 6.07) is -0.125. The van der Waals surface area contributed by atoms with Crippen molar-refractivity contribution in [1.29, 1.82) is 0 Å². The minimum absolute atomic E-state index is 0.125. The van der Waals surface area contributed by atoms with Gasteiger partial charge in [0.2, 0.25) is 10.0 Å². The third kappa shape index (κ3) is 5.03. The molecule has 1 N–H and O–H groups in total. The van der Waals surface area contributed by atoms with Gasteiger partial charge in [-0.15, -0.1) is 0 Å². The number of carbonyl (C=O) groups excluding carboxylic acids is 1. The number of sulfonamides is 1. The number of nitrogens with one attached hydrogen (secondary N) is 1. The standard InChI is InChI=1S/C14H28N4O4S/c1-14(2,17-8-10-22-11-9-17)12-15-13(19)16-4-6-18(7-5-16)23(3,20)21/h4-12H2,1-3H3,(H,15,19). The highest BCUT2D eigenvalue weighted by Gasteiger charge is 2.30. The predicted molar refractivity (Wildman–Crippen MR) is 87.9 cm³/mol. The molecule has 0 aromatic heterocycles. The van der Waals surface area contributed by atoms with Crippen LogP contribution in [0.4, 0.5) is 4.79 Å². The number of hydrogen-bond donors (Lipinski definition) is 1. The fourth-order valence-corrected chi connectivity index (χ4v) is 3.73. The van der Waals surface area contributed by atoms with Gasteiger partial charge in [0.15, 0.2) is 0 Å². The van der Waals surface area contributed by atoms with E-state index in [9.17, 15) is 13.2 Å².